The van der Waals surface area contributed by atoms with Crippen LogP contribution in [0.3, 0.4) is 0 Å². The number of carbonyl (C=O) groups is 1. The number of rotatable bonds is 4. The number of methoxy groups -OCH3 is 1. The lowest BCUT2D eigenvalue weighted by molar-refractivity contribution is -0.137. The fourth-order valence-electron chi connectivity index (χ4n) is 2.00. The minimum Gasteiger partial charge on any atom is -0.495 e. The first-order valence-electron chi connectivity index (χ1n) is 5.13. The van der Waals surface area contributed by atoms with E-state index in [1.807, 2.05) is 12.1 Å². The minimum atomic E-state index is -0.760. The molecule has 0 saturated heterocycles. The van der Waals surface area contributed by atoms with Crippen LogP contribution >= 0.6 is 11.6 Å². The minimum absolute atomic E-state index is 0.176. The van der Waals surface area contributed by atoms with E-state index in [2.05, 4.69) is 0 Å². The summed E-state index contributed by atoms with van der Waals surface area (Å²) in [5.41, 5.74) is 0.808. The van der Waals surface area contributed by atoms with Crippen LogP contribution in [0.1, 0.15) is 24.8 Å². The highest BCUT2D eigenvalue weighted by molar-refractivity contribution is 6.32. The third-order valence-electron chi connectivity index (χ3n) is 3.11. The van der Waals surface area contributed by atoms with Gasteiger partial charge in [0.1, 0.15) is 5.75 Å². The Morgan fingerprint density at radius 1 is 1.56 bits per heavy atom. The number of ether oxygens (including phenoxy) is 1. The van der Waals surface area contributed by atoms with Crippen LogP contribution in [0.15, 0.2) is 18.2 Å². The third-order valence-corrected chi connectivity index (χ3v) is 3.40. The van der Waals surface area contributed by atoms with Crippen LogP contribution in [0, 0.1) is 0 Å². The lowest BCUT2D eigenvalue weighted by Gasteiger charge is -2.14. The Morgan fingerprint density at radius 2 is 2.25 bits per heavy atom. The van der Waals surface area contributed by atoms with Crippen LogP contribution in [0.5, 0.6) is 5.75 Å². The van der Waals surface area contributed by atoms with Crippen LogP contribution in [0.2, 0.25) is 5.02 Å². The van der Waals surface area contributed by atoms with Gasteiger partial charge in [0.2, 0.25) is 0 Å². The zero-order valence-electron chi connectivity index (χ0n) is 9.00. The molecule has 1 aromatic carbocycles. The van der Waals surface area contributed by atoms with Gasteiger partial charge in [-0.1, -0.05) is 17.7 Å². The standard InChI is InChI=1S/C12H13ClO3/c1-16-10-3-2-8(6-9(10)13)12(4-5-12)7-11(14)15/h2-3,6H,4-5,7H2,1H3,(H,14,15). The molecule has 0 spiro atoms. The average molecular weight is 241 g/mol. The first-order valence-corrected chi connectivity index (χ1v) is 5.51. The summed E-state index contributed by atoms with van der Waals surface area (Å²) in [6.45, 7) is 0. The number of hydrogen-bond donors (Lipinski definition) is 1. The maximum Gasteiger partial charge on any atom is 0.304 e. The van der Waals surface area contributed by atoms with Crippen molar-refractivity contribution in [3.63, 3.8) is 0 Å². The molecule has 86 valence electrons. The Morgan fingerprint density at radius 3 is 2.69 bits per heavy atom. The summed E-state index contributed by atoms with van der Waals surface area (Å²) in [6, 6.07) is 5.51. The van der Waals surface area contributed by atoms with E-state index in [9.17, 15) is 4.79 Å². The van der Waals surface area contributed by atoms with Crippen molar-refractivity contribution in [2.24, 2.45) is 0 Å². The number of aliphatic carboxylic acids is 1. The molecule has 0 radical (unpaired) electrons. The van der Waals surface area contributed by atoms with Gasteiger partial charge < -0.3 is 9.84 Å². The largest absolute Gasteiger partial charge is 0.495 e. The molecule has 2 rings (SSSR count). The number of hydrogen-bond acceptors (Lipinski definition) is 2. The summed E-state index contributed by atoms with van der Waals surface area (Å²) >= 11 is 6.03. The van der Waals surface area contributed by atoms with Gasteiger partial charge in [0.15, 0.2) is 0 Å². The lowest BCUT2D eigenvalue weighted by Crippen LogP contribution is -2.12. The SMILES string of the molecule is COc1ccc(C2(CC(=O)O)CC2)cc1Cl. The van der Waals surface area contributed by atoms with Gasteiger partial charge in [-0.25, -0.2) is 0 Å². The van der Waals surface area contributed by atoms with Crippen molar-refractivity contribution in [1.29, 1.82) is 0 Å². The zero-order chi connectivity index (χ0) is 11.8. The molecule has 0 aromatic heterocycles. The van der Waals surface area contributed by atoms with Crippen molar-refractivity contribution in [3.05, 3.63) is 28.8 Å². The van der Waals surface area contributed by atoms with Gasteiger partial charge in [0.25, 0.3) is 0 Å². The fourth-order valence-corrected chi connectivity index (χ4v) is 2.26. The van der Waals surface area contributed by atoms with E-state index >= 15 is 0 Å². The molecule has 1 N–H and O–H groups in total. The molecular formula is C12H13ClO3. The van der Waals surface area contributed by atoms with Crippen LogP contribution in [0.25, 0.3) is 0 Å². The topological polar surface area (TPSA) is 46.5 Å². The van der Waals surface area contributed by atoms with E-state index in [-0.39, 0.29) is 11.8 Å². The summed E-state index contributed by atoms with van der Waals surface area (Å²) in [5, 5.41) is 9.40. The molecule has 0 aliphatic heterocycles. The first kappa shape index (κ1) is 11.3. The molecule has 0 heterocycles. The Balaban J connectivity index is 2.28. The molecular weight excluding hydrogens is 228 g/mol. The van der Waals surface area contributed by atoms with Crippen molar-refractivity contribution >= 4 is 17.6 Å². The Bertz CT molecular complexity index is 424. The highest BCUT2D eigenvalue weighted by Crippen LogP contribution is 2.52. The van der Waals surface area contributed by atoms with Crippen LogP contribution in [-0.4, -0.2) is 18.2 Å². The number of halogens is 1. The van der Waals surface area contributed by atoms with Crippen molar-refractivity contribution in [3.8, 4) is 5.75 Å². The summed E-state index contributed by atoms with van der Waals surface area (Å²) in [7, 11) is 1.56. The van der Waals surface area contributed by atoms with E-state index in [0.717, 1.165) is 18.4 Å². The van der Waals surface area contributed by atoms with E-state index in [1.54, 1.807) is 13.2 Å². The Kier molecular flexibility index (Phi) is 2.80. The smallest absolute Gasteiger partial charge is 0.304 e. The van der Waals surface area contributed by atoms with Crippen molar-refractivity contribution in [2.75, 3.05) is 7.11 Å². The van der Waals surface area contributed by atoms with E-state index < -0.39 is 5.97 Å². The molecule has 0 bridgehead atoms. The quantitative estimate of drug-likeness (QED) is 0.880. The van der Waals surface area contributed by atoms with Crippen molar-refractivity contribution in [2.45, 2.75) is 24.7 Å². The molecule has 1 aliphatic rings. The lowest BCUT2D eigenvalue weighted by atomic mass is 9.92. The molecule has 1 aliphatic carbocycles. The zero-order valence-corrected chi connectivity index (χ0v) is 9.75. The van der Waals surface area contributed by atoms with Crippen LogP contribution in [-0.2, 0) is 10.2 Å². The molecule has 1 saturated carbocycles. The van der Waals surface area contributed by atoms with Gasteiger partial charge >= 0.3 is 5.97 Å². The molecule has 0 amide bonds. The Hall–Kier alpha value is -1.22. The maximum atomic E-state index is 10.8. The van der Waals surface area contributed by atoms with Gasteiger partial charge in [0.05, 0.1) is 18.6 Å². The third kappa shape index (κ3) is 2.00. The normalized spacial score (nSPS) is 16.9. The number of carboxylic acid groups (broad SMARTS) is 1. The molecule has 4 heteroatoms. The van der Waals surface area contributed by atoms with Crippen LogP contribution in [0.4, 0.5) is 0 Å². The van der Waals surface area contributed by atoms with Gasteiger partial charge in [-0.15, -0.1) is 0 Å². The predicted molar refractivity (Wildman–Crippen MR) is 61.2 cm³/mol. The maximum absolute atomic E-state index is 10.8. The second-order valence-electron chi connectivity index (χ2n) is 4.20. The van der Waals surface area contributed by atoms with E-state index in [1.165, 1.54) is 0 Å². The highest BCUT2D eigenvalue weighted by atomic mass is 35.5. The number of carboxylic acids is 1. The van der Waals surface area contributed by atoms with Crippen molar-refractivity contribution < 1.29 is 14.6 Å². The second kappa shape index (κ2) is 3.98. The van der Waals surface area contributed by atoms with Gasteiger partial charge in [-0.05, 0) is 30.5 Å². The molecule has 1 fully saturated rings. The van der Waals surface area contributed by atoms with Gasteiger partial charge in [0, 0.05) is 5.41 Å². The highest BCUT2D eigenvalue weighted by Gasteiger charge is 2.46. The summed E-state index contributed by atoms with van der Waals surface area (Å²) in [4.78, 5) is 10.8. The predicted octanol–water partition coefficient (Wildman–Crippen LogP) is 2.85. The van der Waals surface area contributed by atoms with Crippen molar-refractivity contribution in [1.82, 2.24) is 0 Å². The second-order valence-corrected chi connectivity index (χ2v) is 4.61. The first-order chi connectivity index (χ1) is 7.57. The van der Waals surface area contributed by atoms with E-state index in [4.69, 9.17) is 21.4 Å². The fraction of sp³-hybridized carbons (Fsp3) is 0.417. The molecule has 0 unspecified atom stereocenters. The summed E-state index contributed by atoms with van der Waals surface area (Å²) in [5.74, 6) is -0.138. The van der Waals surface area contributed by atoms with Crippen LogP contribution < -0.4 is 4.74 Å². The monoisotopic (exact) mass is 240 g/mol. The molecule has 3 nitrogen and oxygen atoms in total. The van der Waals surface area contributed by atoms with Gasteiger partial charge in [-0.2, -0.15) is 0 Å². The molecule has 0 atom stereocenters. The molecule has 16 heavy (non-hydrogen) atoms. The van der Waals surface area contributed by atoms with E-state index in [0.29, 0.717) is 10.8 Å². The Labute approximate surface area is 99.0 Å². The molecule has 1 aromatic rings. The number of benzene rings is 1. The summed E-state index contributed by atoms with van der Waals surface area (Å²) < 4.78 is 5.07. The average Bonchev–Trinajstić information content (AvgIpc) is 2.98. The summed E-state index contributed by atoms with van der Waals surface area (Å²) in [6.07, 6.45) is 2.01. The van der Waals surface area contributed by atoms with Gasteiger partial charge in [-0.3, -0.25) is 4.79 Å².